The van der Waals surface area contributed by atoms with Crippen LogP contribution in [0.5, 0.6) is 0 Å². The second-order valence-electron chi connectivity index (χ2n) is 5.06. The van der Waals surface area contributed by atoms with E-state index < -0.39 is 5.60 Å². The highest BCUT2D eigenvalue weighted by molar-refractivity contribution is 5.28. The van der Waals surface area contributed by atoms with E-state index in [0.717, 1.165) is 5.56 Å². The van der Waals surface area contributed by atoms with Gasteiger partial charge >= 0.3 is 0 Å². The molecule has 0 heterocycles. The van der Waals surface area contributed by atoms with Crippen molar-refractivity contribution in [3.8, 4) is 0 Å². The molecule has 2 aromatic carbocycles. The summed E-state index contributed by atoms with van der Waals surface area (Å²) >= 11 is 0. The first-order valence-corrected chi connectivity index (χ1v) is 6.57. The quantitative estimate of drug-likeness (QED) is 0.879. The molecule has 1 atom stereocenters. The van der Waals surface area contributed by atoms with Crippen LogP contribution in [0.15, 0.2) is 48.5 Å². The number of hydrogen-bond acceptors (Lipinski definition) is 1. The van der Waals surface area contributed by atoms with Gasteiger partial charge in [-0.05, 0) is 36.6 Å². The molecular formula is C17H19FO. The van der Waals surface area contributed by atoms with Crippen LogP contribution >= 0.6 is 0 Å². The molecule has 0 amide bonds. The fourth-order valence-electron chi connectivity index (χ4n) is 2.25. The Hall–Kier alpha value is -1.67. The molecule has 0 aliphatic rings. The lowest BCUT2D eigenvalue weighted by Crippen LogP contribution is -2.27. The predicted molar refractivity (Wildman–Crippen MR) is 75.5 cm³/mol. The first kappa shape index (κ1) is 13.8. The summed E-state index contributed by atoms with van der Waals surface area (Å²) in [4.78, 5) is 0. The number of halogens is 1. The SMILES string of the molecule is CCC(O)(Cc1ccc(C)cc1)c1cccc(F)c1. The van der Waals surface area contributed by atoms with Crippen LogP contribution in [0.3, 0.4) is 0 Å². The molecule has 1 N–H and O–H groups in total. The third-order valence-electron chi connectivity index (χ3n) is 3.56. The first-order valence-electron chi connectivity index (χ1n) is 6.57. The average molecular weight is 258 g/mol. The minimum absolute atomic E-state index is 0.312. The van der Waals surface area contributed by atoms with Gasteiger partial charge in [-0.15, -0.1) is 0 Å². The molecule has 0 aliphatic carbocycles. The van der Waals surface area contributed by atoms with E-state index in [-0.39, 0.29) is 5.82 Å². The summed E-state index contributed by atoms with van der Waals surface area (Å²) in [6, 6.07) is 14.3. The van der Waals surface area contributed by atoms with Crippen molar-refractivity contribution in [2.45, 2.75) is 32.3 Å². The standard InChI is InChI=1S/C17H19FO/c1-3-17(19,15-5-4-6-16(18)11-15)12-14-9-7-13(2)8-10-14/h4-11,19H,3,12H2,1-2H3. The second kappa shape index (κ2) is 5.54. The molecule has 0 spiro atoms. The van der Waals surface area contributed by atoms with E-state index in [4.69, 9.17) is 0 Å². The Labute approximate surface area is 113 Å². The van der Waals surface area contributed by atoms with Crippen molar-refractivity contribution in [3.05, 3.63) is 71.0 Å². The molecule has 0 bridgehead atoms. The van der Waals surface area contributed by atoms with E-state index in [2.05, 4.69) is 0 Å². The summed E-state index contributed by atoms with van der Waals surface area (Å²) in [6.45, 7) is 3.95. The minimum atomic E-state index is -1.02. The number of rotatable bonds is 4. The molecule has 0 radical (unpaired) electrons. The van der Waals surface area contributed by atoms with Gasteiger partial charge in [0.2, 0.25) is 0 Å². The Bertz CT molecular complexity index is 547. The summed E-state index contributed by atoms with van der Waals surface area (Å²) in [5.41, 5.74) is 1.86. The highest BCUT2D eigenvalue weighted by Crippen LogP contribution is 2.29. The number of benzene rings is 2. The van der Waals surface area contributed by atoms with Crippen LogP contribution in [0.4, 0.5) is 4.39 Å². The van der Waals surface area contributed by atoms with Gasteiger partial charge in [0.15, 0.2) is 0 Å². The smallest absolute Gasteiger partial charge is 0.123 e. The normalized spacial score (nSPS) is 14.1. The molecular weight excluding hydrogens is 239 g/mol. The van der Waals surface area contributed by atoms with Crippen LogP contribution in [0, 0.1) is 12.7 Å². The highest BCUT2D eigenvalue weighted by atomic mass is 19.1. The zero-order valence-electron chi connectivity index (χ0n) is 11.4. The topological polar surface area (TPSA) is 20.2 Å². The summed E-state index contributed by atoms with van der Waals surface area (Å²) in [7, 11) is 0. The Morgan fingerprint density at radius 3 is 2.37 bits per heavy atom. The average Bonchev–Trinajstić information content (AvgIpc) is 2.41. The molecule has 0 fully saturated rings. The van der Waals surface area contributed by atoms with Crippen LogP contribution in [-0.2, 0) is 12.0 Å². The van der Waals surface area contributed by atoms with Crippen molar-refractivity contribution in [1.29, 1.82) is 0 Å². The Kier molecular flexibility index (Phi) is 4.01. The van der Waals surface area contributed by atoms with Crippen molar-refractivity contribution in [1.82, 2.24) is 0 Å². The second-order valence-corrected chi connectivity index (χ2v) is 5.06. The fraction of sp³-hybridized carbons (Fsp3) is 0.294. The van der Waals surface area contributed by atoms with Gasteiger partial charge in [-0.1, -0.05) is 48.9 Å². The van der Waals surface area contributed by atoms with Crippen molar-refractivity contribution in [2.24, 2.45) is 0 Å². The molecule has 0 saturated carbocycles. The van der Waals surface area contributed by atoms with Crippen LogP contribution in [0.1, 0.15) is 30.0 Å². The third kappa shape index (κ3) is 3.21. The Morgan fingerprint density at radius 2 is 1.79 bits per heavy atom. The van der Waals surface area contributed by atoms with Crippen LogP contribution < -0.4 is 0 Å². The first-order chi connectivity index (χ1) is 9.03. The molecule has 2 aromatic rings. The van der Waals surface area contributed by atoms with Gasteiger partial charge < -0.3 is 5.11 Å². The molecule has 0 aliphatic heterocycles. The Morgan fingerprint density at radius 1 is 1.11 bits per heavy atom. The molecule has 2 rings (SSSR count). The number of aliphatic hydroxyl groups is 1. The lowest BCUT2D eigenvalue weighted by atomic mass is 9.85. The molecule has 1 unspecified atom stereocenters. The highest BCUT2D eigenvalue weighted by Gasteiger charge is 2.27. The van der Waals surface area contributed by atoms with E-state index in [1.54, 1.807) is 12.1 Å². The largest absolute Gasteiger partial charge is 0.385 e. The van der Waals surface area contributed by atoms with Gasteiger partial charge in [-0.2, -0.15) is 0 Å². The predicted octanol–water partition coefficient (Wildman–Crippen LogP) is 3.97. The van der Waals surface area contributed by atoms with Gasteiger partial charge in [0, 0.05) is 6.42 Å². The molecule has 19 heavy (non-hydrogen) atoms. The van der Waals surface area contributed by atoms with Gasteiger partial charge in [0.1, 0.15) is 5.82 Å². The van der Waals surface area contributed by atoms with E-state index in [1.807, 2.05) is 38.1 Å². The van der Waals surface area contributed by atoms with Gasteiger partial charge in [-0.3, -0.25) is 0 Å². The van der Waals surface area contributed by atoms with Crippen LogP contribution in [0.25, 0.3) is 0 Å². The van der Waals surface area contributed by atoms with E-state index >= 15 is 0 Å². The molecule has 100 valence electrons. The Balaban J connectivity index is 2.30. The summed E-state index contributed by atoms with van der Waals surface area (Å²) in [5.74, 6) is -0.312. The van der Waals surface area contributed by atoms with Crippen molar-refractivity contribution in [3.63, 3.8) is 0 Å². The van der Waals surface area contributed by atoms with Gasteiger partial charge in [0.25, 0.3) is 0 Å². The zero-order chi connectivity index (χ0) is 13.9. The summed E-state index contributed by atoms with van der Waals surface area (Å²) < 4.78 is 13.3. The van der Waals surface area contributed by atoms with Crippen LogP contribution in [-0.4, -0.2) is 5.11 Å². The summed E-state index contributed by atoms with van der Waals surface area (Å²) in [6.07, 6.45) is 1.04. The van der Waals surface area contributed by atoms with E-state index in [0.29, 0.717) is 18.4 Å². The zero-order valence-corrected chi connectivity index (χ0v) is 11.4. The molecule has 1 nitrogen and oxygen atoms in total. The van der Waals surface area contributed by atoms with E-state index in [1.165, 1.54) is 17.7 Å². The van der Waals surface area contributed by atoms with Gasteiger partial charge in [-0.25, -0.2) is 4.39 Å². The molecule has 0 aromatic heterocycles. The monoisotopic (exact) mass is 258 g/mol. The molecule has 0 saturated heterocycles. The van der Waals surface area contributed by atoms with Crippen molar-refractivity contribution in [2.75, 3.05) is 0 Å². The van der Waals surface area contributed by atoms with Gasteiger partial charge in [0.05, 0.1) is 5.60 Å². The minimum Gasteiger partial charge on any atom is -0.385 e. The molecule has 2 heteroatoms. The maximum absolute atomic E-state index is 13.3. The lowest BCUT2D eigenvalue weighted by Gasteiger charge is -2.27. The third-order valence-corrected chi connectivity index (χ3v) is 3.56. The number of hydrogen-bond donors (Lipinski definition) is 1. The maximum atomic E-state index is 13.3. The fourth-order valence-corrected chi connectivity index (χ4v) is 2.25. The van der Waals surface area contributed by atoms with Crippen molar-refractivity contribution >= 4 is 0 Å². The maximum Gasteiger partial charge on any atom is 0.123 e. The van der Waals surface area contributed by atoms with Crippen molar-refractivity contribution < 1.29 is 9.50 Å². The van der Waals surface area contributed by atoms with E-state index in [9.17, 15) is 9.50 Å². The van der Waals surface area contributed by atoms with Crippen LogP contribution in [0.2, 0.25) is 0 Å². The lowest BCUT2D eigenvalue weighted by molar-refractivity contribution is 0.0324. The number of aryl methyl sites for hydroxylation is 1. The summed E-state index contributed by atoms with van der Waals surface area (Å²) in [5, 5.41) is 10.8.